The molecule has 2 nitrogen and oxygen atoms in total. The Morgan fingerprint density at radius 3 is 2.94 bits per heavy atom. The Bertz CT molecular complexity index is 372. The van der Waals surface area contributed by atoms with Crippen LogP contribution in [0.5, 0.6) is 5.75 Å². The molecule has 1 fully saturated rings. The second-order valence-corrected chi connectivity index (χ2v) is 5.02. The highest BCUT2D eigenvalue weighted by atomic mass is 32.2. The number of ether oxygens (including phenoxy) is 1. The number of rotatable bonds is 3. The summed E-state index contributed by atoms with van der Waals surface area (Å²) >= 11 is 1.83. The van der Waals surface area contributed by atoms with E-state index in [1.807, 2.05) is 17.8 Å². The first-order valence-corrected chi connectivity index (χ1v) is 6.50. The third-order valence-corrected chi connectivity index (χ3v) is 4.16. The zero-order chi connectivity index (χ0) is 11.5. The van der Waals surface area contributed by atoms with Crippen molar-refractivity contribution < 1.29 is 9.13 Å². The summed E-state index contributed by atoms with van der Waals surface area (Å²) in [7, 11) is 1.48. The average Bonchev–Trinajstić information content (AvgIpc) is 2.77. The highest BCUT2D eigenvalue weighted by molar-refractivity contribution is 7.99. The van der Waals surface area contributed by atoms with Crippen LogP contribution in [0, 0.1) is 5.82 Å². The number of hydrogen-bond acceptors (Lipinski definition) is 3. The highest BCUT2D eigenvalue weighted by Gasteiger charge is 2.24. The van der Waals surface area contributed by atoms with E-state index in [1.165, 1.54) is 7.11 Å². The van der Waals surface area contributed by atoms with Crippen LogP contribution in [0.2, 0.25) is 0 Å². The van der Waals surface area contributed by atoms with Gasteiger partial charge in [-0.2, -0.15) is 0 Å². The van der Waals surface area contributed by atoms with Gasteiger partial charge in [-0.05, 0) is 24.1 Å². The molecule has 1 aliphatic rings. The summed E-state index contributed by atoms with van der Waals surface area (Å²) in [5, 5.41) is 3.69. The summed E-state index contributed by atoms with van der Waals surface area (Å²) in [6.07, 6.45) is 1.11. The number of methoxy groups -OCH3 is 1. The number of thioether (sulfide) groups is 1. The van der Waals surface area contributed by atoms with Gasteiger partial charge >= 0.3 is 0 Å². The number of halogens is 1. The van der Waals surface area contributed by atoms with Crippen LogP contribution in [0.3, 0.4) is 0 Å². The van der Waals surface area contributed by atoms with Crippen molar-refractivity contribution in [3.05, 3.63) is 29.6 Å². The topological polar surface area (TPSA) is 21.3 Å². The molecule has 16 heavy (non-hydrogen) atoms. The van der Waals surface area contributed by atoms with Gasteiger partial charge in [0, 0.05) is 11.8 Å². The zero-order valence-corrected chi connectivity index (χ0v) is 10.3. The summed E-state index contributed by atoms with van der Waals surface area (Å²) < 4.78 is 18.4. The maximum Gasteiger partial charge on any atom is 0.165 e. The molecular weight excluding hydrogens is 225 g/mol. The van der Waals surface area contributed by atoms with Crippen LogP contribution in [0.4, 0.5) is 4.39 Å². The molecule has 0 bridgehead atoms. The van der Waals surface area contributed by atoms with E-state index in [9.17, 15) is 4.39 Å². The minimum atomic E-state index is -0.289. The van der Waals surface area contributed by atoms with E-state index < -0.39 is 0 Å². The fourth-order valence-electron chi connectivity index (χ4n) is 1.80. The van der Waals surface area contributed by atoms with E-state index in [4.69, 9.17) is 4.74 Å². The van der Waals surface area contributed by atoms with Crippen molar-refractivity contribution in [2.45, 2.75) is 24.8 Å². The molecule has 0 aromatic heterocycles. The standard InChI is InChI=1S/C12H16FNOS/c1-3-9-7-16-12(14-9)8-4-5-11(15-2)10(13)6-8/h4-6,9,12,14H,3,7H2,1-2H3. The summed E-state index contributed by atoms with van der Waals surface area (Å²) in [5.41, 5.74) is 0.985. The molecular formula is C12H16FNOS. The molecule has 2 rings (SSSR count). The Labute approximate surface area is 99.6 Å². The van der Waals surface area contributed by atoms with Crippen molar-refractivity contribution in [2.75, 3.05) is 12.9 Å². The predicted octanol–water partition coefficient (Wildman–Crippen LogP) is 2.95. The van der Waals surface area contributed by atoms with Gasteiger partial charge in [0.1, 0.15) is 0 Å². The number of nitrogens with one attached hydrogen (secondary N) is 1. The van der Waals surface area contributed by atoms with Crippen LogP contribution in [-0.2, 0) is 0 Å². The van der Waals surface area contributed by atoms with Gasteiger partial charge in [-0.25, -0.2) is 4.39 Å². The molecule has 88 valence electrons. The molecule has 1 aliphatic heterocycles. The second kappa shape index (κ2) is 5.06. The largest absolute Gasteiger partial charge is 0.494 e. The van der Waals surface area contributed by atoms with E-state index in [0.29, 0.717) is 11.8 Å². The van der Waals surface area contributed by atoms with Crippen LogP contribution in [0.15, 0.2) is 18.2 Å². The summed E-state index contributed by atoms with van der Waals surface area (Å²) in [4.78, 5) is 0. The summed E-state index contributed by atoms with van der Waals surface area (Å²) in [6, 6.07) is 5.71. The molecule has 2 unspecified atom stereocenters. The highest BCUT2D eigenvalue weighted by Crippen LogP contribution is 2.34. The molecule has 4 heteroatoms. The fraction of sp³-hybridized carbons (Fsp3) is 0.500. The number of hydrogen-bond donors (Lipinski definition) is 1. The molecule has 0 aliphatic carbocycles. The first kappa shape index (κ1) is 11.7. The van der Waals surface area contributed by atoms with Gasteiger partial charge in [0.2, 0.25) is 0 Å². The van der Waals surface area contributed by atoms with Crippen LogP contribution < -0.4 is 10.1 Å². The lowest BCUT2D eigenvalue weighted by Crippen LogP contribution is -2.24. The molecule has 0 saturated carbocycles. The van der Waals surface area contributed by atoms with Crippen LogP contribution in [0.25, 0.3) is 0 Å². The lowest BCUT2D eigenvalue weighted by molar-refractivity contribution is 0.386. The first-order chi connectivity index (χ1) is 7.74. The van der Waals surface area contributed by atoms with Crippen molar-refractivity contribution in [3.63, 3.8) is 0 Å². The van der Waals surface area contributed by atoms with Gasteiger partial charge in [-0.15, -0.1) is 11.8 Å². The lowest BCUT2D eigenvalue weighted by Gasteiger charge is -2.13. The van der Waals surface area contributed by atoms with E-state index in [-0.39, 0.29) is 11.2 Å². The van der Waals surface area contributed by atoms with E-state index in [1.54, 1.807) is 12.1 Å². The Kier molecular flexibility index (Phi) is 3.71. The molecule has 1 aromatic carbocycles. The van der Waals surface area contributed by atoms with Crippen LogP contribution >= 0.6 is 11.8 Å². The number of benzene rings is 1. The molecule has 2 atom stereocenters. The van der Waals surface area contributed by atoms with Crippen molar-refractivity contribution in [1.82, 2.24) is 5.32 Å². The minimum absolute atomic E-state index is 0.213. The molecule has 0 radical (unpaired) electrons. The third-order valence-electron chi connectivity index (χ3n) is 2.82. The van der Waals surface area contributed by atoms with Crippen molar-refractivity contribution in [2.24, 2.45) is 0 Å². The monoisotopic (exact) mass is 241 g/mol. The maximum absolute atomic E-state index is 13.5. The summed E-state index contributed by atoms with van der Waals surface area (Å²) in [5.74, 6) is 1.11. The van der Waals surface area contributed by atoms with Crippen molar-refractivity contribution in [1.29, 1.82) is 0 Å². The predicted molar refractivity (Wildman–Crippen MR) is 65.4 cm³/mol. The van der Waals surface area contributed by atoms with Gasteiger partial charge in [0.15, 0.2) is 11.6 Å². The van der Waals surface area contributed by atoms with E-state index >= 15 is 0 Å². The second-order valence-electron chi connectivity index (χ2n) is 3.88. The SMILES string of the molecule is CCC1CSC(c2ccc(OC)c(F)c2)N1. The minimum Gasteiger partial charge on any atom is -0.494 e. The Morgan fingerprint density at radius 1 is 1.56 bits per heavy atom. The Hall–Kier alpha value is -0.740. The quantitative estimate of drug-likeness (QED) is 0.879. The Balaban J connectivity index is 2.13. The van der Waals surface area contributed by atoms with Crippen LogP contribution in [0.1, 0.15) is 24.3 Å². The molecule has 0 spiro atoms. The maximum atomic E-state index is 13.5. The molecule has 1 heterocycles. The molecule has 0 amide bonds. The van der Waals surface area contributed by atoms with Gasteiger partial charge in [-0.1, -0.05) is 13.0 Å². The normalized spacial score (nSPS) is 24.7. The smallest absolute Gasteiger partial charge is 0.165 e. The van der Waals surface area contributed by atoms with Crippen molar-refractivity contribution in [3.8, 4) is 5.75 Å². The molecule has 1 N–H and O–H groups in total. The van der Waals surface area contributed by atoms with Gasteiger partial charge in [-0.3, -0.25) is 5.32 Å². The fourth-order valence-corrected chi connectivity index (χ4v) is 3.18. The molecule has 1 aromatic rings. The van der Waals surface area contributed by atoms with Gasteiger partial charge < -0.3 is 4.74 Å². The average molecular weight is 241 g/mol. The Morgan fingerprint density at radius 2 is 2.38 bits per heavy atom. The zero-order valence-electron chi connectivity index (χ0n) is 9.50. The third kappa shape index (κ3) is 2.33. The van der Waals surface area contributed by atoms with Gasteiger partial charge in [0.05, 0.1) is 12.5 Å². The van der Waals surface area contributed by atoms with E-state index in [2.05, 4.69) is 12.2 Å². The van der Waals surface area contributed by atoms with E-state index in [0.717, 1.165) is 17.7 Å². The van der Waals surface area contributed by atoms with Crippen molar-refractivity contribution >= 4 is 11.8 Å². The van der Waals surface area contributed by atoms with Gasteiger partial charge in [0.25, 0.3) is 0 Å². The summed E-state index contributed by atoms with van der Waals surface area (Å²) in [6.45, 7) is 2.16. The molecule has 1 saturated heterocycles. The lowest BCUT2D eigenvalue weighted by atomic mass is 10.2. The van der Waals surface area contributed by atoms with Crippen LogP contribution in [-0.4, -0.2) is 18.9 Å². The first-order valence-electron chi connectivity index (χ1n) is 5.45.